The Bertz CT molecular complexity index is 942. The number of hydrogen-bond acceptors (Lipinski definition) is 4. The summed E-state index contributed by atoms with van der Waals surface area (Å²) in [5.41, 5.74) is 2.87. The Balaban J connectivity index is 1.35. The first kappa shape index (κ1) is 21.8. The number of aliphatic carboxylic acids is 1. The molecule has 164 valence electrons. The zero-order valence-corrected chi connectivity index (χ0v) is 18.6. The Morgan fingerprint density at radius 1 is 1.13 bits per heavy atom. The van der Waals surface area contributed by atoms with E-state index in [0.717, 1.165) is 42.7 Å². The van der Waals surface area contributed by atoms with Gasteiger partial charge in [0.05, 0.1) is 11.6 Å². The van der Waals surface area contributed by atoms with Crippen molar-refractivity contribution in [2.75, 3.05) is 5.32 Å². The average Bonchev–Trinajstić information content (AvgIpc) is 3.18. The van der Waals surface area contributed by atoms with Gasteiger partial charge in [0.15, 0.2) is 0 Å². The molecular weight excluding hydrogens is 408 g/mol. The molecule has 1 amide bonds. The molecule has 5 nitrogen and oxygen atoms in total. The van der Waals surface area contributed by atoms with Gasteiger partial charge in [-0.25, -0.2) is 4.98 Å². The fourth-order valence-electron chi connectivity index (χ4n) is 4.56. The third kappa shape index (κ3) is 5.82. The topological polar surface area (TPSA) is 79.3 Å². The SMILES string of the molecule is O=C(CC(C(=O)O)C1CCCCC1)Nc1cccc(C=Cc2nc(C3CCC3)cs2)c1. The normalized spacial score (nSPS) is 18.6. The van der Waals surface area contributed by atoms with Crippen LogP contribution in [0.2, 0.25) is 0 Å². The van der Waals surface area contributed by atoms with Crippen LogP contribution in [0.15, 0.2) is 29.6 Å². The van der Waals surface area contributed by atoms with Gasteiger partial charge in [0, 0.05) is 23.4 Å². The van der Waals surface area contributed by atoms with Crippen molar-refractivity contribution in [3.8, 4) is 0 Å². The predicted molar refractivity (Wildman–Crippen MR) is 125 cm³/mol. The van der Waals surface area contributed by atoms with Crippen LogP contribution in [0.1, 0.15) is 80.0 Å². The second kappa shape index (κ2) is 10.2. The first-order valence-corrected chi connectivity index (χ1v) is 12.2. The van der Waals surface area contributed by atoms with E-state index in [2.05, 4.69) is 10.7 Å². The predicted octanol–water partition coefficient (Wildman–Crippen LogP) is 6.19. The standard InChI is InChI=1S/C25H30N2O3S/c28-23(15-21(25(29)30)18-7-2-1-3-8-18)26-20-11-4-6-17(14-20)12-13-24-27-22(16-31-24)19-9-5-10-19/h4,6,11-14,16,18-19,21H,1-3,5,7-10,15H2,(H,26,28)(H,29,30). The van der Waals surface area contributed by atoms with Crippen LogP contribution in [-0.2, 0) is 9.59 Å². The van der Waals surface area contributed by atoms with E-state index in [9.17, 15) is 14.7 Å². The van der Waals surface area contributed by atoms with Gasteiger partial charge in [-0.2, -0.15) is 0 Å². The van der Waals surface area contributed by atoms with Crippen molar-refractivity contribution < 1.29 is 14.7 Å². The number of anilines is 1. The molecule has 0 aliphatic heterocycles. The molecule has 1 atom stereocenters. The van der Waals surface area contributed by atoms with Gasteiger partial charge in [0.1, 0.15) is 5.01 Å². The van der Waals surface area contributed by atoms with Gasteiger partial charge in [-0.1, -0.05) is 43.9 Å². The first-order valence-electron chi connectivity index (χ1n) is 11.3. The monoisotopic (exact) mass is 438 g/mol. The summed E-state index contributed by atoms with van der Waals surface area (Å²) >= 11 is 1.66. The highest BCUT2D eigenvalue weighted by atomic mass is 32.1. The number of aromatic nitrogens is 1. The second-order valence-electron chi connectivity index (χ2n) is 8.79. The maximum Gasteiger partial charge on any atom is 0.307 e. The van der Waals surface area contributed by atoms with E-state index < -0.39 is 11.9 Å². The summed E-state index contributed by atoms with van der Waals surface area (Å²) < 4.78 is 0. The minimum atomic E-state index is -0.858. The second-order valence-corrected chi connectivity index (χ2v) is 9.68. The third-order valence-electron chi connectivity index (χ3n) is 6.59. The van der Waals surface area contributed by atoms with Gasteiger partial charge in [-0.3, -0.25) is 9.59 Å². The molecular formula is C25H30N2O3S. The molecule has 2 aliphatic rings. The molecule has 0 radical (unpaired) electrons. The smallest absolute Gasteiger partial charge is 0.307 e. The quantitative estimate of drug-likeness (QED) is 0.515. The van der Waals surface area contributed by atoms with E-state index in [1.165, 1.54) is 25.0 Å². The lowest BCUT2D eigenvalue weighted by molar-refractivity contribution is -0.146. The highest BCUT2D eigenvalue weighted by molar-refractivity contribution is 7.10. The Morgan fingerprint density at radius 3 is 2.65 bits per heavy atom. The van der Waals surface area contributed by atoms with Gasteiger partial charge >= 0.3 is 5.97 Å². The summed E-state index contributed by atoms with van der Waals surface area (Å²) in [5.74, 6) is -0.944. The number of carboxylic acid groups (broad SMARTS) is 1. The molecule has 31 heavy (non-hydrogen) atoms. The number of carboxylic acids is 1. The van der Waals surface area contributed by atoms with Crippen molar-refractivity contribution in [3.05, 3.63) is 45.9 Å². The van der Waals surface area contributed by atoms with Crippen molar-refractivity contribution in [1.82, 2.24) is 4.98 Å². The molecule has 0 bridgehead atoms. The van der Waals surface area contributed by atoms with E-state index in [0.29, 0.717) is 11.6 Å². The van der Waals surface area contributed by atoms with Crippen LogP contribution in [0.4, 0.5) is 5.69 Å². The van der Waals surface area contributed by atoms with E-state index in [-0.39, 0.29) is 18.2 Å². The van der Waals surface area contributed by atoms with E-state index >= 15 is 0 Å². The average molecular weight is 439 g/mol. The summed E-state index contributed by atoms with van der Waals surface area (Å²) in [6.07, 6.45) is 12.9. The molecule has 4 rings (SSSR count). The molecule has 2 fully saturated rings. The lowest BCUT2D eigenvalue weighted by atomic mass is 9.78. The maximum atomic E-state index is 12.6. The molecule has 2 saturated carbocycles. The summed E-state index contributed by atoms with van der Waals surface area (Å²) in [4.78, 5) is 29.0. The molecule has 2 N–H and O–H groups in total. The fraction of sp³-hybridized carbons (Fsp3) is 0.480. The molecule has 1 aromatic carbocycles. The highest BCUT2D eigenvalue weighted by Gasteiger charge is 2.31. The zero-order chi connectivity index (χ0) is 21.6. The minimum absolute atomic E-state index is 0.0309. The molecule has 1 unspecified atom stereocenters. The number of nitrogens with zero attached hydrogens (tertiary/aromatic N) is 1. The Morgan fingerprint density at radius 2 is 1.94 bits per heavy atom. The van der Waals surface area contributed by atoms with Gasteiger partial charge in [-0.05, 0) is 55.4 Å². The Kier molecular flexibility index (Phi) is 7.17. The highest BCUT2D eigenvalue weighted by Crippen LogP contribution is 2.37. The number of benzene rings is 1. The van der Waals surface area contributed by atoms with Crippen LogP contribution in [0, 0.1) is 11.8 Å². The number of carbonyl (C=O) groups excluding carboxylic acids is 1. The minimum Gasteiger partial charge on any atom is -0.481 e. The number of rotatable bonds is 8. The van der Waals surface area contributed by atoms with Crippen molar-refractivity contribution in [3.63, 3.8) is 0 Å². The third-order valence-corrected chi connectivity index (χ3v) is 7.42. The van der Waals surface area contributed by atoms with Crippen LogP contribution in [-0.4, -0.2) is 22.0 Å². The lowest BCUT2D eigenvalue weighted by Crippen LogP contribution is -2.30. The number of thiazole rings is 1. The molecule has 0 spiro atoms. The molecule has 6 heteroatoms. The van der Waals surface area contributed by atoms with E-state index in [4.69, 9.17) is 4.98 Å². The Hall–Kier alpha value is -2.47. The van der Waals surface area contributed by atoms with Crippen LogP contribution >= 0.6 is 11.3 Å². The van der Waals surface area contributed by atoms with Crippen molar-refractivity contribution >= 4 is 41.1 Å². The van der Waals surface area contributed by atoms with Crippen molar-refractivity contribution in [1.29, 1.82) is 0 Å². The Labute approximate surface area is 187 Å². The van der Waals surface area contributed by atoms with E-state index in [1.54, 1.807) is 11.3 Å². The molecule has 2 aromatic rings. The van der Waals surface area contributed by atoms with Crippen LogP contribution < -0.4 is 5.32 Å². The molecule has 1 heterocycles. The summed E-state index contributed by atoms with van der Waals surface area (Å²) in [6, 6.07) is 7.62. The molecule has 1 aromatic heterocycles. The van der Waals surface area contributed by atoms with Crippen LogP contribution in [0.5, 0.6) is 0 Å². The molecule has 0 saturated heterocycles. The maximum absolute atomic E-state index is 12.6. The van der Waals surface area contributed by atoms with Crippen LogP contribution in [0.25, 0.3) is 12.2 Å². The van der Waals surface area contributed by atoms with Gasteiger partial charge in [0.25, 0.3) is 0 Å². The van der Waals surface area contributed by atoms with Crippen molar-refractivity contribution in [2.24, 2.45) is 11.8 Å². The first-order chi connectivity index (χ1) is 15.1. The largest absolute Gasteiger partial charge is 0.481 e. The number of carbonyl (C=O) groups is 2. The van der Waals surface area contributed by atoms with Crippen molar-refractivity contribution in [2.45, 2.75) is 63.7 Å². The number of nitrogens with one attached hydrogen (secondary N) is 1. The summed E-state index contributed by atoms with van der Waals surface area (Å²) in [6.45, 7) is 0. The van der Waals surface area contributed by atoms with Crippen LogP contribution in [0.3, 0.4) is 0 Å². The lowest BCUT2D eigenvalue weighted by Gasteiger charge is -2.27. The summed E-state index contributed by atoms with van der Waals surface area (Å²) in [5, 5.41) is 15.7. The number of amides is 1. The van der Waals surface area contributed by atoms with E-state index in [1.807, 2.05) is 36.4 Å². The molecule has 2 aliphatic carbocycles. The van der Waals surface area contributed by atoms with Gasteiger partial charge in [0.2, 0.25) is 5.91 Å². The van der Waals surface area contributed by atoms with Gasteiger partial charge < -0.3 is 10.4 Å². The zero-order valence-electron chi connectivity index (χ0n) is 17.8. The fourth-order valence-corrected chi connectivity index (χ4v) is 5.35. The van der Waals surface area contributed by atoms with Gasteiger partial charge in [-0.15, -0.1) is 11.3 Å². The number of hydrogen-bond donors (Lipinski definition) is 2. The summed E-state index contributed by atoms with van der Waals surface area (Å²) in [7, 11) is 0.